The highest BCUT2D eigenvalue weighted by atomic mass is 16.5. The van der Waals surface area contributed by atoms with Gasteiger partial charge in [-0.25, -0.2) is 0 Å². The minimum atomic E-state index is -0.00708. The van der Waals surface area contributed by atoms with Gasteiger partial charge >= 0.3 is 0 Å². The summed E-state index contributed by atoms with van der Waals surface area (Å²) in [7, 11) is 1.91. The molecular formula is C15H20N4O. The number of aryl methyl sites for hydroxylation is 1. The van der Waals surface area contributed by atoms with E-state index in [0.717, 1.165) is 25.1 Å². The normalized spacial score (nSPS) is 19.6. The van der Waals surface area contributed by atoms with Gasteiger partial charge in [-0.15, -0.1) is 0 Å². The molecule has 20 heavy (non-hydrogen) atoms. The van der Waals surface area contributed by atoms with Gasteiger partial charge in [-0.1, -0.05) is 24.3 Å². The molecule has 1 aliphatic rings. The summed E-state index contributed by atoms with van der Waals surface area (Å²) in [6.07, 6.45) is 3.76. The molecule has 5 heteroatoms. The van der Waals surface area contributed by atoms with Crippen LogP contribution >= 0.6 is 0 Å². The number of benzene rings is 1. The van der Waals surface area contributed by atoms with Crippen molar-refractivity contribution in [3.8, 4) is 0 Å². The highest BCUT2D eigenvalue weighted by molar-refractivity contribution is 5.31. The quantitative estimate of drug-likeness (QED) is 0.656. The molecule has 0 amide bonds. The Morgan fingerprint density at radius 3 is 3.05 bits per heavy atom. The van der Waals surface area contributed by atoms with Crippen LogP contribution in [0.25, 0.3) is 0 Å². The fourth-order valence-corrected chi connectivity index (χ4v) is 2.78. The topological polar surface area (TPSA) is 65.1 Å². The summed E-state index contributed by atoms with van der Waals surface area (Å²) >= 11 is 0. The molecule has 0 saturated carbocycles. The van der Waals surface area contributed by atoms with Crippen LogP contribution in [0.4, 0.5) is 0 Å². The van der Waals surface area contributed by atoms with E-state index in [4.69, 9.17) is 10.6 Å². The van der Waals surface area contributed by atoms with Crippen LogP contribution in [0.1, 0.15) is 35.4 Å². The number of hydrogen-bond acceptors (Lipinski definition) is 4. The van der Waals surface area contributed by atoms with Crippen molar-refractivity contribution < 1.29 is 4.74 Å². The largest absolute Gasteiger partial charge is 0.373 e. The molecular weight excluding hydrogens is 252 g/mol. The van der Waals surface area contributed by atoms with E-state index in [1.54, 1.807) is 4.68 Å². The van der Waals surface area contributed by atoms with Crippen molar-refractivity contribution in [2.45, 2.75) is 25.0 Å². The molecule has 3 N–H and O–H groups in total. The molecule has 0 saturated heterocycles. The molecule has 0 bridgehead atoms. The van der Waals surface area contributed by atoms with Crippen molar-refractivity contribution in [1.29, 1.82) is 0 Å². The van der Waals surface area contributed by atoms with E-state index in [1.807, 2.05) is 19.3 Å². The number of nitrogens with zero attached hydrogens (tertiary/aromatic N) is 2. The molecule has 0 fully saturated rings. The second-order valence-electron chi connectivity index (χ2n) is 5.18. The number of hydrazine groups is 1. The summed E-state index contributed by atoms with van der Waals surface area (Å²) in [5, 5.41) is 4.42. The first-order chi connectivity index (χ1) is 9.78. The smallest absolute Gasteiger partial charge is 0.0847 e. The van der Waals surface area contributed by atoms with Crippen LogP contribution in [0.5, 0.6) is 0 Å². The van der Waals surface area contributed by atoms with Crippen LogP contribution in [0.2, 0.25) is 0 Å². The van der Waals surface area contributed by atoms with Crippen LogP contribution in [0, 0.1) is 0 Å². The predicted molar refractivity (Wildman–Crippen MR) is 76.7 cm³/mol. The Bertz CT molecular complexity index is 581. The van der Waals surface area contributed by atoms with Gasteiger partial charge in [0.1, 0.15) is 0 Å². The van der Waals surface area contributed by atoms with Crippen molar-refractivity contribution in [1.82, 2.24) is 15.2 Å². The zero-order valence-electron chi connectivity index (χ0n) is 11.6. The molecule has 0 aliphatic carbocycles. The minimum Gasteiger partial charge on any atom is -0.373 e. The van der Waals surface area contributed by atoms with Gasteiger partial charge in [-0.05, 0) is 23.6 Å². The van der Waals surface area contributed by atoms with Crippen LogP contribution in [0.15, 0.2) is 36.5 Å². The maximum atomic E-state index is 5.93. The van der Waals surface area contributed by atoms with Crippen LogP contribution < -0.4 is 11.3 Å². The SMILES string of the molecule is Cn1ccc(C(CC2OCCc3ccccc32)NN)n1. The van der Waals surface area contributed by atoms with Gasteiger partial charge < -0.3 is 4.74 Å². The Kier molecular flexibility index (Phi) is 3.82. The minimum absolute atomic E-state index is 0.00708. The van der Waals surface area contributed by atoms with Gasteiger partial charge in [-0.3, -0.25) is 16.0 Å². The molecule has 2 aromatic rings. The average Bonchev–Trinajstić information content (AvgIpc) is 2.91. The molecule has 0 spiro atoms. The van der Waals surface area contributed by atoms with E-state index in [9.17, 15) is 0 Å². The summed E-state index contributed by atoms with van der Waals surface area (Å²) in [5.41, 5.74) is 6.45. The molecule has 2 heterocycles. The number of fused-ring (bicyclic) bond motifs is 1. The number of aromatic nitrogens is 2. The average molecular weight is 272 g/mol. The standard InChI is InChI=1S/C15H20N4O/c1-19-8-6-13(18-19)14(17-16)10-15-12-5-3-2-4-11(12)7-9-20-15/h2-6,8,14-15,17H,7,9-10,16H2,1H3. The van der Waals surface area contributed by atoms with Crippen LogP contribution in [-0.4, -0.2) is 16.4 Å². The van der Waals surface area contributed by atoms with Crippen LogP contribution in [-0.2, 0) is 18.2 Å². The van der Waals surface area contributed by atoms with Crippen LogP contribution in [0.3, 0.4) is 0 Å². The van der Waals surface area contributed by atoms with E-state index in [1.165, 1.54) is 11.1 Å². The first kappa shape index (κ1) is 13.3. The number of hydrogen-bond donors (Lipinski definition) is 2. The summed E-state index contributed by atoms with van der Waals surface area (Å²) in [6.45, 7) is 0.765. The second-order valence-corrected chi connectivity index (χ2v) is 5.18. The zero-order chi connectivity index (χ0) is 13.9. The number of ether oxygens (including phenoxy) is 1. The molecule has 1 aromatic heterocycles. The summed E-state index contributed by atoms with van der Waals surface area (Å²) in [5.74, 6) is 5.70. The Hall–Kier alpha value is -1.69. The lowest BCUT2D eigenvalue weighted by molar-refractivity contribution is 0.0289. The first-order valence-corrected chi connectivity index (χ1v) is 6.93. The molecule has 106 valence electrons. The van der Waals surface area contributed by atoms with E-state index < -0.39 is 0 Å². The molecule has 3 rings (SSSR count). The molecule has 5 nitrogen and oxygen atoms in total. The lowest BCUT2D eigenvalue weighted by atomic mass is 9.93. The fraction of sp³-hybridized carbons (Fsp3) is 0.400. The molecule has 0 radical (unpaired) electrons. The third kappa shape index (κ3) is 2.60. The maximum Gasteiger partial charge on any atom is 0.0847 e. The summed E-state index contributed by atoms with van der Waals surface area (Å²) in [4.78, 5) is 0. The molecule has 1 aromatic carbocycles. The van der Waals surface area contributed by atoms with Crippen molar-refractivity contribution in [3.63, 3.8) is 0 Å². The number of nitrogens with two attached hydrogens (primary N) is 1. The second kappa shape index (κ2) is 5.75. The Labute approximate surface area is 118 Å². The highest BCUT2D eigenvalue weighted by Gasteiger charge is 2.25. The van der Waals surface area contributed by atoms with Gasteiger partial charge in [0.2, 0.25) is 0 Å². The van der Waals surface area contributed by atoms with Crippen molar-refractivity contribution in [2.75, 3.05) is 6.61 Å². The van der Waals surface area contributed by atoms with Gasteiger partial charge in [0, 0.05) is 19.7 Å². The van der Waals surface area contributed by atoms with E-state index in [0.29, 0.717) is 0 Å². The molecule has 1 aliphatic heterocycles. The Morgan fingerprint density at radius 2 is 2.30 bits per heavy atom. The highest BCUT2D eigenvalue weighted by Crippen LogP contribution is 2.33. The lowest BCUT2D eigenvalue weighted by Gasteiger charge is -2.28. The van der Waals surface area contributed by atoms with E-state index >= 15 is 0 Å². The van der Waals surface area contributed by atoms with E-state index in [2.05, 4.69) is 34.8 Å². The van der Waals surface area contributed by atoms with Crippen molar-refractivity contribution >= 4 is 0 Å². The fourth-order valence-electron chi connectivity index (χ4n) is 2.78. The first-order valence-electron chi connectivity index (χ1n) is 6.93. The predicted octanol–water partition coefficient (Wildman–Crippen LogP) is 1.63. The Morgan fingerprint density at radius 1 is 1.45 bits per heavy atom. The monoisotopic (exact) mass is 272 g/mol. The van der Waals surface area contributed by atoms with Gasteiger partial charge in [0.05, 0.1) is 24.4 Å². The van der Waals surface area contributed by atoms with Crippen molar-refractivity contribution in [2.24, 2.45) is 12.9 Å². The molecule has 2 atom stereocenters. The third-order valence-electron chi connectivity index (χ3n) is 3.83. The van der Waals surface area contributed by atoms with Gasteiger partial charge in [0.15, 0.2) is 0 Å². The third-order valence-corrected chi connectivity index (χ3v) is 3.83. The Balaban J connectivity index is 1.80. The number of nitrogens with one attached hydrogen (secondary N) is 1. The summed E-state index contributed by atoms with van der Waals surface area (Å²) in [6, 6.07) is 10.4. The summed E-state index contributed by atoms with van der Waals surface area (Å²) < 4.78 is 7.72. The van der Waals surface area contributed by atoms with Gasteiger partial charge in [-0.2, -0.15) is 5.10 Å². The van der Waals surface area contributed by atoms with Gasteiger partial charge in [0.25, 0.3) is 0 Å². The number of rotatable bonds is 4. The maximum absolute atomic E-state index is 5.93. The lowest BCUT2D eigenvalue weighted by Crippen LogP contribution is -2.31. The molecule has 2 unspecified atom stereocenters. The zero-order valence-corrected chi connectivity index (χ0v) is 11.6. The van der Waals surface area contributed by atoms with Crippen molar-refractivity contribution in [3.05, 3.63) is 53.3 Å². The van der Waals surface area contributed by atoms with E-state index in [-0.39, 0.29) is 12.1 Å².